The number of esters is 1. The predicted octanol–water partition coefficient (Wildman–Crippen LogP) is 3.79. The van der Waals surface area contributed by atoms with Crippen LogP contribution in [0.4, 0.5) is 0 Å². The fourth-order valence-corrected chi connectivity index (χ4v) is 1.99. The van der Waals surface area contributed by atoms with Crippen LogP contribution < -0.4 is 0 Å². The van der Waals surface area contributed by atoms with Crippen LogP contribution in [0.3, 0.4) is 0 Å². The van der Waals surface area contributed by atoms with Crippen molar-refractivity contribution in [3.05, 3.63) is 76.9 Å². The van der Waals surface area contributed by atoms with Crippen LogP contribution in [0, 0.1) is 6.92 Å². The third kappa shape index (κ3) is 3.82. The molecule has 0 atom stereocenters. The summed E-state index contributed by atoms with van der Waals surface area (Å²) in [5.41, 5.74) is 3.95. The highest BCUT2D eigenvalue weighted by atomic mass is 16.5. The van der Waals surface area contributed by atoms with E-state index in [9.17, 15) is 4.79 Å². The van der Waals surface area contributed by atoms with E-state index in [0.29, 0.717) is 12.0 Å². The van der Waals surface area contributed by atoms with E-state index in [0.717, 1.165) is 11.1 Å². The average molecular weight is 266 g/mol. The molecule has 0 aliphatic rings. The van der Waals surface area contributed by atoms with Gasteiger partial charge in [-0.15, -0.1) is 0 Å². The molecule has 0 heterocycles. The lowest BCUT2D eigenvalue weighted by atomic mass is 10.0. The van der Waals surface area contributed by atoms with Crippen molar-refractivity contribution >= 4 is 12.0 Å². The molecule has 2 aromatic carbocycles. The van der Waals surface area contributed by atoms with Gasteiger partial charge in [-0.1, -0.05) is 60.2 Å². The van der Waals surface area contributed by atoms with Crippen LogP contribution in [0.1, 0.15) is 16.7 Å². The SMILES string of the molecule is COC(=O)/C(=C\c1ccc(C)cc1)Cc1ccccc1. The minimum absolute atomic E-state index is 0.283. The molecule has 0 saturated heterocycles. The summed E-state index contributed by atoms with van der Waals surface area (Å²) in [6.45, 7) is 2.04. The number of hydrogen-bond donors (Lipinski definition) is 0. The van der Waals surface area contributed by atoms with Gasteiger partial charge in [0, 0.05) is 12.0 Å². The number of carbonyl (C=O) groups excluding carboxylic acids is 1. The molecule has 0 spiro atoms. The van der Waals surface area contributed by atoms with Crippen molar-refractivity contribution in [2.45, 2.75) is 13.3 Å². The smallest absolute Gasteiger partial charge is 0.334 e. The second-order valence-electron chi connectivity index (χ2n) is 4.73. The van der Waals surface area contributed by atoms with Gasteiger partial charge in [-0.3, -0.25) is 0 Å². The van der Waals surface area contributed by atoms with Crippen molar-refractivity contribution in [2.75, 3.05) is 7.11 Å². The predicted molar refractivity (Wildman–Crippen MR) is 81.3 cm³/mol. The number of methoxy groups -OCH3 is 1. The maximum absolute atomic E-state index is 11.9. The molecule has 0 radical (unpaired) electrons. The summed E-state index contributed by atoms with van der Waals surface area (Å²) in [6, 6.07) is 18.0. The van der Waals surface area contributed by atoms with Crippen LogP contribution in [0.15, 0.2) is 60.2 Å². The first-order chi connectivity index (χ1) is 9.69. The minimum atomic E-state index is -0.283. The summed E-state index contributed by atoms with van der Waals surface area (Å²) in [6.07, 6.45) is 2.46. The zero-order chi connectivity index (χ0) is 14.4. The maximum Gasteiger partial charge on any atom is 0.334 e. The lowest BCUT2D eigenvalue weighted by Gasteiger charge is -2.06. The van der Waals surface area contributed by atoms with Crippen LogP contribution in [0.2, 0.25) is 0 Å². The molecule has 102 valence electrons. The van der Waals surface area contributed by atoms with E-state index < -0.39 is 0 Å². The molecule has 0 unspecified atom stereocenters. The van der Waals surface area contributed by atoms with Crippen molar-refractivity contribution in [3.63, 3.8) is 0 Å². The molecule has 2 rings (SSSR count). The summed E-state index contributed by atoms with van der Waals surface area (Å²) in [5.74, 6) is -0.283. The first kappa shape index (κ1) is 14.1. The Labute approximate surface area is 119 Å². The second kappa shape index (κ2) is 6.71. The van der Waals surface area contributed by atoms with E-state index in [1.54, 1.807) is 0 Å². The Morgan fingerprint density at radius 3 is 2.30 bits per heavy atom. The van der Waals surface area contributed by atoms with Gasteiger partial charge in [-0.2, -0.15) is 0 Å². The second-order valence-corrected chi connectivity index (χ2v) is 4.73. The molecule has 2 heteroatoms. The Morgan fingerprint density at radius 2 is 1.70 bits per heavy atom. The average Bonchev–Trinajstić information content (AvgIpc) is 2.49. The van der Waals surface area contributed by atoms with Crippen LogP contribution in [-0.4, -0.2) is 13.1 Å². The van der Waals surface area contributed by atoms with Crippen LogP contribution in [0.5, 0.6) is 0 Å². The molecular weight excluding hydrogens is 248 g/mol. The van der Waals surface area contributed by atoms with E-state index >= 15 is 0 Å². The van der Waals surface area contributed by atoms with E-state index in [-0.39, 0.29) is 5.97 Å². The Hall–Kier alpha value is -2.35. The van der Waals surface area contributed by atoms with E-state index in [2.05, 4.69) is 0 Å². The van der Waals surface area contributed by atoms with Gasteiger partial charge < -0.3 is 4.74 Å². The fraction of sp³-hybridized carbons (Fsp3) is 0.167. The standard InChI is InChI=1S/C18H18O2/c1-14-8-10-16(11-9-14)13-17(18(19)20-2)12-15-6-4-3-5-7-15/h3-11,13H,12H2,1-2H3/b17-13-. The number of benzene rings is 2. The minimum Gasteiger partial charge on any atom is -0.466 e. The van der Waals surface area contributed by atoms with Gasteiger partial charge in [0.1, 0.15) is 0 Å². The van der Waals surface area contributed by atoms with E-state index in [1.807, 2.05) is 67.6 Å². The zero-order valence-electron chi connectivity index (χ0n) is 11.8. The Kier molecular flexibility index (Phi) is 4.72. The topological polar surface area (TPSA) is 26.3 Å². The molecule has 0 N–H and O–H groups in total. The molecule has 0 fully saturated rings. The van der Waals surface area contributed by atoms with E-state index in [4.69, 9.17) is 4.74 Å². The van der Waals surface area contributed by atoms with Gasteiger partial charge >= 0.3 is 5.97 Å². The van der Waals surface area contributed by atoms with Crippen molar-refractivity contribution in [1.82, 2.24) is 0 Å². The first-order valence-electron chi connectivity index (χ1n) is 6.58. The summed E-state index contributed by atoms with van der Waals surface area (Å²) < 4.78 is 4.87. The molecule has 20 heavy (non-hydrogen) atoms. The lowest BCUT2D eigenvalue weighted by Crippen LogP contribution is -2.07. The fourth-order valence-electron chi connectivity index (χ4n) is 1.99. The van der Waals surface area contributed by atoms with Gasteiger partial charge in [0.25, 0.3) is 0 Å². The molecular formula is C18H18O2. The van der Waals surface area contributed by atoms with Gasteiger partial charge in [0.2, 0.25) is 0 Å². The summed E-state index contributed by atoms with van der Waals surface area (Å²) in [4.78, 5) is 11.9. The molecule has 2 nitrogen and oxygen atoms in total. The first-order valence-corrected chi connectivity index (χ1v) is 6.58. The highest BCUT2D eigenvalue weighted by molar-refractivity contribution is 5.94. The number of hydrogen-bond acceptors (Lipinski definition) is 2. The largest absolute Gasteiger partial charge is 0.466 e. The molecule has 0 aliphatic carbocycles. The zero-order valence-corrected chi connectivity index (χ0v) is 11.8. The molecule has 0 bridgehead atoms. The Bertz CT molecular complexity index is 595. The normalized spacial score (nSPS) is 11.2. The van der Waals surface area contributed by atoms with Crippen molar-refractivity contribution in [2.24, 2.45) is 0 Å². The molecule has 0 aromatic heterocycles. The highest BCUT2D eigenvalue weighted by Gasteiger charge is 2.10. The number of rotatable bonds is 4. The third-order valence-corrected chi connectivity index (χ3v) is 3.10. The van der Waals surface area contributed by atoms with E-state index in [1.165, 1.54) is 12.7 Å². The maximum atomic E-state index is 11.9. The van der Waals surface area contributed by atoms with Gasteiger partial charge in [0.15, 0.2) is 0 Å². The van der Waals surface area contributed by atoms with Gasteiger partial charge in [0.05, 0.1) is 7.11 Å². The Morgan fingerprint density at radius 1 is 1.05 bits per heavy atom. The monoisotopic (exact) mass is 266 g/mol. The van der Waals surface area contributed by atoms with Crippen molar-refractivity contribution in [1.29, 1.82) is 0 Å². The lowest BCUT2D eigenvalue weighted by molar-refractivity contribution is -0.136. The van der Waals surface area contributed by atoms with Crippen LogP contribution >= 0.6 is 0 Å². The number of carbonyl (C=O) groups is 1. The molecule has 2 aromatic rings. The Balaban J connectivity index is 2.28. The summed E-state index contributed by atoms with van der Waals surface area (Å²) in [7, 11) is 1.41. The van der Waals surface area contributed by atoms with Crippen molar-refractivity contribution < 1.29 is 9.53 Å². The molecule has 0 aliphatic heterocycles. The molecule has 0 saturated carbocycles. The summed E-state index contributed by atoms with van der Waals surface area (Å²) >= 11 is 0. The highest BCUT2D eigenvalue weighted by Crippen LogP contribution is 2.14. The quantitative estimate of drug-likeness (QED) is 0.621. The number of aryl methyl sites for hydroxylation is 1. The third-order valence-electron chi connectivity index (χ3n) is 3.10. The van der Waals surface area contributed by atoms with Crippen LogP contribution in [0.25, 0.3) is 6.08 Å². The van der Waals surface area contributed by atoms with Crippen LogP contribution in [-0.2, 0) is 16.0 Å². The van der Waals surface area contributed by atoms with Gasteiger partial charge in [-0.05, 0) is 24.1 Å². The number of ether oxygens (including phenoxy) is 1. The van der Waals surface area contributed by atoms with Crippen molar-refractivity contribution in [3.8, 4) is 0 Å². The van der Waals surface area contributed by atoms with Gasteiger partial charge in [-0.25, -0.2) is 4.79 Å². The molecule has 0 amide bonds. The summed E-state index contributed by atoms with van der Waals surface area (Å²) in [5, 5.41) is 0.